The van der Waals surface area contributed by atoms with Crippen LogP contribution in [0.4, 0.5) is 14.5 Å². The van der Waals surface area contributed by atoms with Crippen LogP contribution in [0.25, 0.3) is 11.1 Å². The Morgan fingerprint density at radius 3 is 2.22 bits per heavy atom. The van der Waals surface area contributed by atoms with Crippen molar-refractivity contribution in [3.63, 3.8) is 0 Å². The van der Waals surface area contributed by atoms with Gasteiger partial charge in [0, 0.05) is 11.3 Å². The van der Waals surface area contributed by atoms with Gasteiger partial charge in [0.1, 0.15) is 17.2 Å². The van der Waals surface area contributed by atoms with Crippen LogP contribution in [0, 0.1) is 11.3 Å². The predicted molar refractivity (Wildman–Crippen MR) is 115 cm³/mol. The van der Waals surface area contributed by atoms with Gasteiger partial charge in [-0.15, -0.1) is 0 Å². The van der Waals surface area contributed by atoms with E-state index in [1.165, 1.54) is 19.2 Å². The molecule has 0 spiro atoms. The normalized spacial score (nSPS) is 11.4. The molecule has 8 heteroatoms. The number of rotatable bonds is 8. The van der Waals surface area contributed by atoms with E-state index in [1.807, 2.05) is 6.07 Å². The molecule has 3 rings (SSSR count). The van der Waals surface area contributed by atoms with Crippen molar-refractivity contribution in [3.8, 4) is 34.4 Å². The maximum atomic E-state index is 12.9. The van der Waals surface area contributed by atoms with Crippen LogP contribution in [0.3, 0.4) is 0 Å². The maximum Gasteiger partial charge on any atom is 0.387 e. The summed E-state index contributed by atoms with van der Waals surface area (Å²) in [4.78, 5) is 12.6. The van der Waals surface area contributed by atoms with Gasteiger partial charge in [0.05, 0.1) is 18.7 Å². The molecule has 1 unspecified atom stereocenters. The van der Waals surface area contributed by atoms with E-state index in [2.05, 4.69) is 10.1 Å². The first-order chi connectivity index (χ1) is 15.4. The van der Waals surface area contributed by atoms with Crippen molar-refractivity contribution in [1.29, 1.82) is 5.26 Å². The van der Waals surface area contributed by atoms with Gasteiger partial charge in [-0.05, 0) is 67.1 Å². The van der Waals surface area contributed by atoms with Crippen molar-refractivity contribution >= 4 is 11.6 Å². The lowest BCUT2D eigenvalue weighted by Crippen LogP contribution is -2.30. The fraction of sp³-hybridized carbons (Fsp3) is 0.167. The molecule has 0 fully saturated rings. The van der Waals surface area contributed by atoms with Gasteiger partial charge in [0.2, 0.25) is 0 Å². The lowest BCUT2D eigenvalue weighted by atomic mass is 10.0. The zero-order chi connectivity index (χ0) is 23.1. The summed E-state index contributed by atoms with van der Waals surface area (Å²) in [6, 6.07) is 19.6. The summed E-state index contributed by atoms with van der Waals surface area (Å²) in [5, 5.41) is 11.6. The molecule has 6 nitrogen and oxygen atoms in total. The molecule has 0 aliphatic carbocycles. The fourth-order valence-corrected chi connectivity index (χ4v) is 2.91. The molecule has 3 aromatic rings. The molecule has 1 atom stereocenters. The summed E-state index contributed by atoms with van der Waals surface area (Å²) in [7, 11) is 1.53. The molecule has 0 saturated carbocycles. The van der Waals surface area contributed by atoms with E-state index >= 15 is 0 Å². The lowest BCUT2D eigenvalue weighted by Gasteiger charge is -2.17. The van der Waals surface area contributed by atoms with Gasteiger partial charge < -0.3 is 19.5 Å². The largest absolute Gasteiger partial charge is 0.497 e. The van der Waals surface area contributed by atoms with E-state index in [1.54, 1.807) is 61.5 Å². The first-order valence-corrected chi connectivity index (χ1v) is 9.60. The number of carbonyl (C=O) groups is 1. The molecule has 0 bridgehead atoms. The van der Waals surface area contributed by atoms with Crippen LogP contribution in [0.5, 0.6) is 17.2 Å². The summed E-state index contributed by atoms with van der Waals surface area (Å²) in [6.45, 7) is -1.42. The van der Waals surface area contributed by atoms with Crippen LogP contribution < -0.4 is 19.5 Å². The maximum absolute atomic E-state index is 12.9. The summed E-state index contributed by atoms with van der Waals surface area (Å²) in [5.41, 5.74) is 1.86. The predicted octanol–water partition coefficient (Wildman–Crippen LogP) is 5.24. The number of amides is 1. The number of benzene rings is 3. The molecule has 0 radical (unpaired) electrons. The topological polar surface area (TPSA) is 80.6 Å². The zero-order valence-electron chi connectivity index (χ0n) is 17.3. The molecule has 0 saturated heterocycles. The summed E-state index contributed by atoms with van der Waals surface area (Å²) < 4.78 is 41.1. The van der Waals surface area contributed by atoms with Crippen LogP contribution in [-0.4, -0.2) is 25.7 Å². The van der Waals surface area contributed by atoms with Gasteiger partial charge in [0.15, 0.2) is 6.10 Å². The highest BCUT2D eigenvalue weighted by Crippen LogP contribution is 2.34. The average Bonchev–Trinajstić information content (AvgIpc) is 2.80. The third-order valence-electron chi connectivity index (χ3n) is 4.53. The Morgan fingerprint density at radius 1 is 0.969 bits per heavy atom. The number of nitriles is 1. The van der Waals surface area contributed by atoms with Crippen LogP contribution in [-0.2, 0) is 4.79 Å². The Morgan fingerprint density at radius 2 is 1.62 bits per heavy atom. The van der Waals surface area contributed by atoms with Crippen LogP contribution in [0.15, 0.2) is 66.7 Å². The zero-order valence-corrected chi connectivity index (χ0v) is 17.3. The van der Waals surface area contributed by atoms with Crippen molar-refractivity contribution in [2.45, 2.75) is 19.6 Å². The van der Waals surface area contributed by atoms with Gasteiger partial charge in [0.25, 0.3) is 5.91 Å². The molecule has 1 N–H and O–H groups in total. The number of nitrogens with one attached hydrogen (secondary N) is 1. The quantitative estimate of drug-likeness (QED) is 0.520. The Hall–Kier alpha value is -4.12. The monoisotopic (exact) mass is 438 g/mol. The van der Waals surface area contributed by atoms with Gasteiger partial charge >= 0.3 is 6.61 Å². The van der Waals surface area contributed by atoms with Crippen molar-refractivity contribution in [3.05, 3.63) is 72.3 Å². The second-order valence-electron chi connectivity index (χ2n) is 6.70. The third kappa shape index (κ3) is 5.73. The molecule has 164 valence electrons. The Kier molecular flexibility index (Phi) is 7.24. The molecule has 0 aliphatic rings. The van der Waals surface area contributed by atoms with Crippen LogP contribution in [0.1, 0.15) is 12.5 Å². The standard InChI is InChI=1S/C24H20F2N2O4/c1-15(31-20-8-3-16(14-27)4-9-20)23(29)28-18-7-12-22(32-24(25)26)21(13-18)17-5-10-19(30-2)11-6-17/h3-13,15,24H,1-2H3,(H,28,29). The molecule has 32 heavy (non-hydrogen) atoms. The SMILES string of the molecule is COc1ccc(-c2cc(NC(=O)C(C)Oc3ccc(C#N)cc3)ccc2OC(F)F)cc1. The minimum absolute atomic E-state index is 0.0231. The van der Waals surface area contributed by atoms with Gasteiger partial charge in [-0.1, -0.05) is 12.1 Å². The van der Waals surface area contributed by atoms with E-state index in [-0.39, 0.29) is 5.75 Å². The molecule has 0 aliphatic heterocycles. The van der Waals surface area contributed by atoms with E-state index in [0.29, 0.717) is 33.9 Å². The molecular formula is C24H20F2N2O4. The van der Waals surface area contributed by atoms with Crippen molar-refractivity contribution < 1.29 is 27.8 Å². The van der Waals surface area contributed by atoms with Crippen LogP contribution in [0.2, 0.25) is 0 Å². The second kappa shape index (κ2) is 10.3. The van der Waals surface area contributed by atoms with Crippen molar-refractivity contribution in [1.82, 2.24) is 0 Å². The minimum atomic E-state index is -2.99. The molecular weight excluding hydrogens is 418 g/mol. The number of hydrogen-bond acceptors (Lipinski definition) is 5. The Balaban J connectivity index is 1.78. The average molecular weight is 438 g/mol. The Bertz CT molecular complexity index is 1110. The lowest BCUT2D eigenvalue weighted by molar-refractivity contribution is -0.122. The number of halogens is 2. The van der Waals surface area contributed by atoms with E-state index < -0.39 is 18.6 Å². The van der Waals surface area contributed by atoms with Crippen LogP contribution >= 0.6 is 0 Å². The number of hydrogen-bond donors (Lipinski definition) is 1. The van der Waals surface area contributed by atoms with Gasteiger partial charge in [-0.2, -0.15) is 14.0 Å². The number of carbonyl (C=O) groups excluding carboxylic acids is 1. The highest BCUT2D eigenvalue weighted by molar-refractivity contribution is 5.95. The number of anilines is 1. The highest BCUT2D eigenvalue weighted by Gasteiger charge is 2.17. The highest BCUT2D eigenvalue weighted by atomic mass is 19.3. The summed E-state index contributed by atoms with van der Waals surface area (Å²) in [5.74, 6) is 0.595. The van der Waals surface area contributed by atoms with Crippen molar-refractivity contribution in [2.24, 2.45) is 0 Å². The third-order valence-corrected chi connectivity index (χ3v) is 4.53. The first kappa shape index (κ1) is 22.6. The van der Waals surface area contributed by atoms with E-state index in [9.17, 15) is 13.6 Å². The Labute approximate surface area is 184 Å². The summed E-state index contributed by atoms with van der Waals surface area (Å²) >= 11 is 0. The summed E-state index contributed by atoms with van der Waals surface area (Å²) in [6.07, 6.45) is -0.843. The number of nitrogens with zero attached hydrogens (tertiary/aromatic N) is 1. The number of alkyl halides is 2. The van der Waals surface area contributed by atoms with Gasteiger partial charge in [-0.3, -0.25) is 4.79 Å². The van der Waals surface area contributed by atoms with Gasteiger partial charge in [-0.25, -0.2) is 0 Å². The molecule has 0 heterocycles. The molecule has 3 aromatic carbocycles. The van der Waals surface area contributed by atoms with E-state index in [0.717, 1.165) is 0 Å². The van der Waals surface area contributed by atoms with E-state index in [4.69, 9.17) is 14.7 Å². The number of methoxy groups -OCH3 is 1. The second-order valence-corrected chi connectivity index (χ2v) is 6.70. The first-order valence-electron chi connectivity index (χ1n) is 9.60. The minimum Gasteiger partial charge on any atom is -0.497 e. The fourth-order valence-electron chi connectivity index (χ4n) is 2.91. The molecule has 0 aromatic heterocycles. The smallest absolute Gasteiger partial charge is 0.387 e. The molecule has 1 amide bonds. The number of ether oxygens (including phenoxy) is 3. The van der Waals surface area contributed by atoms with Crippen molar-refractivity contribution in [2.75, 3.05) is 12.4 Å².